The van der Waals surface area contributed by atoms with Gasteiger partial charge in [0.15, 0.2) is 5.76 Å². The molecule has 2 N–H and O–H groups in total. The zero-order valence-corrected chi connectivity index (χ0v) is 8.58. The molecule has 0 unspecified atom stereocenters. The molecule has 0 saturated carbocycles. The molecule has 2 aromatic rings. The van der Waals surface area contributed by atoms with Gasteiger partial charge in [-0.2, -0.15) is 0 Å². The van der Waals surface area contributed by atoms with E-state index in [4.69, 9.17) is 10.2 Å². The van der Waals surface area contributed by atoms with E-state index in [1.807, 2.05) is 0 Å². The second-order valence-electron chi connectivity index (χ2n) is 2.66. The summed E-state index contributed by atoms with van der Waals surface area (Å²) >= 11 is 3.12. The van der Waals surface area contributed by atoms with Gasteiger partial charge in [0.1, 0.15) is 5.82 Å². The standard InChI is InChI=1S/C9H6BrFN2O/c10-8-5(2-1-3-6(8)11)7-4-13-9(12)14-7/h1-4H,(H2,12,13). The first-order valence-corrected chi connectivity index (χ1v) is 4.63. The lowest BCUT2D eigenvalue weighted by Crippen LogP contribution is -1.82. The predicted molar refractivity (Wildman–Crippen MR) is 54.0 cm³/mol. The van der Waals surface area contributed by atoms with Crippen molar-refractivity contribution < 1.29 is 8.81 Å². The first kappa shape index (κ1) is 9.21. The minimum absolute atomic E-state index is 0.0659. The number of halogens is 2. The van der Waals surface area contributed by atoms with Gasteiger partial charge in [-0.3, -0.25) is 0 Å². The maximum absolute atomic E-state index is 13.1. The molecule has 1 aromatic heterocycles. The molecule has 0 amide bonds. The van der Waals surface area contributed by atoms with Crippen molar-refractivity contribution in [2.24, 2.45) is 0 Å². The second-order valence-corrected chi connectivity index (χ2v) is 3.46. The fourth-order valence-corrected chi connectivity index (χ4v) is 1.57. The van der Waals surface area contributed by atoms with Gasteiger partial charge in [-0.25, -0.2) is 9.37 Å². The Morgan fingerprint density at radius 3 is 2.86 bits per heavy atom. The maximum Gasteiger partial charge on any atom is 0.292 e. The van der Waals surface area contributed by atoms with Gasteiger partial charge in [0.25, 0.3) is 6.01 Å². The third kappa shape index (κ3) is 1.50. The molecule has 0 bridgehead atoms. The van der Waals surface area contributed by atoms with E-state index in [-0.39, 0.29) is 11.8 Å². The highest BCUT2D eigenvalue weighted by molar-refractivity contribution is 9.10. The Balaban J connectivity index is 2.57. The fourth-order valence-electron chi connectivity index (χ4n) is 1.11. The van der Waals surface area contributed by atoms with E-state index in [0.717, 1.165) is 0 Å². The van der Waals surface area contributed by atoms with E-state index in [0.29, 0.717) is 15.8 Å². The Hall–Kier alpha value is -1.36. The van der Waals surface area contributed by atoms with Crippen molar-refractivity contribution in [3.05, 3.63) is 34.7 Å². The van der Waals surface area contributed by atoms with Crippen molar-refractivity contribution in [2.75, 3.05) is 5.73 Å². The van der Waals surface area contributed by atoms with Crippen molar-refractivity contribution in [3.8, 4) is 11.3 Å². The summed E-state index contributed by atoms with van der Waals surface area (Å²) < 4.78 is 18.6. The van der Waals surface area contributed by atoms with Gasteiger partial charge in [-0.05, 0) is 28.1 Å². The molecule has 0 aliphatic carbocycles. The van der Waals surface area contributed by atoms with Crippen molar-refractivity contribution in [2.45, 2.75) is 0 Å². The highest BCUT2D eigenvalue weighted by Gasteiger charge is 2.10. The highest BCUT2D eigenvalue weighted by atomic mass is 79.9. The molecule has 5 heteroatoms. The normalized spacial score (nSPS) is 10.4. The summed E-state index contributed by atoms with van der Waals surface area (Å²) in [6, 6.07) is 4.73. The molecule has 14 heavy (non-hydrogen) atoms. The topological polar surface area (TPSA) is 52.0 Å². The summed E-state index contributed by atoms with van der Waals surface area (Å²) in [6.45, 7) is 0. The molecule has 0 radical (unpaired) electrons. The largest absolute Gasteiger partial charge is 0.424 e. The summed E-state index contributed by atoms with van der Waals surface area (Å²) in [5.41, 5.74) is 5.91. The monoisotopic (exact) mass is 256 g/mol. The van der Waals surface area contributed by atoms with Gasteiger partial charge in [0, 0.05) is 5.56 Å². The number of oxazole rings is 1. The minimum Gasteiger partial charge on any atom is -0.424 e. The molecule has 2 rings (SSSR count). The van der Waals surface area contributed by atoms with Crippen LogP contribution >= 0.6 is 15.9 Å². The molecule has 0 atom stereocenters. The lowest BCUT2D eigenvalue weighted by Gasteiger charge is -2.00. The van der Waals surface area contributed by atoms with E-state index in [2.05, 4.69) is 20.9 Å². The van der Waals surface area contributed by atoms with Gasteiger partial charge in [-0.1, -0.05) is 6.07 Å². The van der Waals surface area contributed by atoms with E-state index in [9.17, 15) is 4.39 Å². The number of nitrogen functional groups attached to an aromatic ring is 1. The Kier molecular flexibility index (Phi) is 2.25. The molecule has 0 fully saturated rings. The van der Waals surface area contributed by atoms with Crippen LogP contribution in [0, 0.1) is 5.82 Å². The summed E-state index contributed by atoms with van der Waals surface area (Å²) in [6.07, 6.45) is 1.45. The Morgan fingerprint density at radius 1 is 1.43 bits per heavy atom. The van der Waals surface area contributed by atoms with Crippen LogP contribution in [0.3, 0.4) is 0 Å². The van der Waals surface area contributed by atoms with Gasteiger partial charge >= 0.3 is 0 Å². The Labute approximate surface area is 87.9 Å². The SMILES string of the molecule is Nc1ncc(-c2cccc(F)c2Br)o1. The van der Waals surface area contributed by atoms with Crippen LogP contribution < -0.4 is 5.73 Å². The van der Waals surface area contributed by atoms with Crippen LogP contribution in [0.2, 0.25) is 0 Å². The average Bonchev–Trinajstić information content (AvgIpc) is 2.57. The number of rotatable bonds is 1. The van der Waals surface area contributed by atoms with Gasteiger partial charge in [-0.15, -0.1) is 0 Å². The van der Waals surface area contributed by atoms with Crippen LogP contribution in [-0.2, 0) is 0 Å². The molecule has 0 aliphatic heterocycles. The Bertz CT molecular complexity index is 470. The molecular weight excluding hydrogens is 251 g/mol. The lowest BCUT2D eigenvalue weighted by molar-refractivity contribution is 0.590. The first-order valence-electron chi connectivity index (χ1n) is 3.84. The van der Waals surface area contributed by atoms with E-state index in [1.54, 1.807) is 12.1 Å². The molecule has 72 valence electrons. The van der Waals surface area contributed by atoms with E-state index >= 15 is 0 Å². The number of benzene rings is 1. The van der Waals surface area contributed by atoms with Crippen molar-refractivity contribution in [1.29, 1.82) is 0 Å². The molecule has 1 heterocycles. The maximum atomic E-state index is 13.1. The second kappa shape index (κ2) is 3.42. The minimum atomic E-state index is -0.350. The third-order valence-electron chi connectivity index (χ3n) is 1.74. The number of nitrogens with two attached hydrogens (primary N) is 1. The quantitative estimate of drug-likeness (QED) is 0.854. The number of anilines is 1. The van der Waals surface area contributed by atoms with Crippen molar-refractivity contribution in [1.82, 2.24) is 4.98 Å². The molecule has 0 aliphatic rings. The van der Waals surface area contributed by atoms with Crippen LogP contribution in [0.4, 0.5) is 10.4 Å². The summed E-state index contributed by atoms with van der Waals surface area (Å²) in [4.78, 5) is 3.73. The van der Waals surface area contributed by atoms with Crippen molar-refractivity contribution >= 4 is 21.9 Å². The molecule has 0 spiro atoms. The number of nitrogens with zero attached hydrogens (tertiary/aromatic N) is 1. The highest BCUT2D eigenvalue weighted by Crippen LogP contribution is 2.30. The molecule has 0 saturated heterocycles. The van der Waals surface area contributed by atoms with Crippen LogP contribution in [0.5, 0.6) is 0 Å². The Morgan fingerprint density at radius 2 is 2.21 bits per heavy atom. The van der Waals surface area contributed by atoms with Crippen LogP contribution in [0.15, 0.2) is 33.3 Å². The molecular formula is C9H6BrFN2O. The third-order valence-corrected chi connectivity index (χ3v) is 2.55. The predicted octanol–water partition coefficient (Wildman–Crippen LogP) is 2.83. The van der Waals surface area contributed by atoms with Crippen molar-refractivity contribution in [3.63, 3.8) is 0 Å². The van der Waals surface area contributed by atoms with Gasteiger partial charge in [0.05, 0.1) is 10.7 Å². The van der Waals surface area contributed by atoms with Crippen LogP contribution in [0.1, 0.15) is 0 Å². The smallest absolute Gasteiger partial charge is 0.292 e. The average molecular weight is 257 g/mol. The fraction of sp³-hybridized carbons (Fsp3) is 0. The summed E-state index contributed by atoms with van der Waals surface area (Å²) in [5.74, 6) is 0.0892. The molecule has 1 aromatic carbocycles. The zero-order chi connectivity index (χ0) is 10.1. The van der Waals surface area contributed by atoms with E-state index < -0.39 is 0 Å². The van der Waals surface area contributed by atoms with E-state index in [1.165, 1.54) is 12.3 Å². The summed E-state index contributed by atoms with van der Waals surface area (Å²) in [7, 11) is 0. The number of aromatic nitrogens is 1. The zero-order valence-electron chi connectivity index (χ0n) is 7.00. The lowest BCUT2D eigenvalue weighted by atomic mass is 10.2. The molecule has 3 nitrogen and oxygen atoms in total. The number of hydrogen-bond acceptors (Lipinski definition) is 3. The van der Waals surface area contributed by atoms with Crippen LogP contribution in [0.25, 0.3) is 11.3 Å². The summed E-state index contributed by atoms with van der Waals surface area (Å²) in [5, 5.41) is 0. The van der Waals surface area contributed by atoms with Gasteiger partial charge < -0.3 is 10.2 Å². The van der Waals surface area contributed by atoms with Gasteiger partial charge in [0.2, 0.25) is 0 Å². The van der Waals surface area contributed by atoms with Crippen LogP contribution in [-0.4, -0.2) is 4.98 Å². The number of hydrogen-bond donors (Lipinski definition) is 1. The first-order chi connectivity index (χ1) is 6.68.